The molecule has 0 aliphatic carbocycles. The molecule has 104 valence electrons. The molecule has 0 spiro atoms. The lowest BCUT2D eigenvalue weighted by Crippen LogP contribution is -2.14. The third kappa shape index (κ3) is 3.16. The van der Waals surface area contributed by atoms with Gasteiger partial charge in [0.2, 0.25) is 0 Å². The van der Waals surface area contributed by atoms with E-state index in [4.69, 9.17) is 0 Å². The molecule has 1 N–H and O–H groups in total. The molecule has 0 saturated heterocycles. The first kappa shape index (κ1) is 14.1. The van der Waals surface area contributed by atoms with Crippen LogP contribution in [0.25, 0.3) is 0 Å². The van der Waals surface area contributed by atoms with Gasteiger partial charge in [-0.1, -0.05) is 6.92 Å². The number of hydrogen-bond donors (Lipinski definition) is 1. The van der Waals surface area contributed by atoms with Crippen LogP contribution in [0.5, 0.6) is 0 Å². The van der Waals surface area contributed by atoms with Crippen molar-refractivity contribution in [2.75, 3.05) is 6.54 Å². The van der Waals surface area contributed by atoms with E-state index >= 15 is 0 Å². The number of hydrogen-bond acceptors (Lipinski definition) is 5. The second kappa shape index (κ2) is 6.21. The summed E-state index contributed by atoms with van der Waals surface area (Å²) < 4.78 is 3.69. The van der Waals surface area contributed by atoms with E-state index in [1.54, 1.807) is 22.8 Å². The van der Waals surface area contributed by atoms with Crippen molar-refractivity contribution in [2.45, 2.75) is 37.0 Å². The molecule has 6 nitrogen and oxygen atoms in total. The SMILES string of the molecule is CCCNCc1c(C)nn(C)c1Sc1ncnn1C. The predicted molar refractivity (Wildman–Crippen MR) is 75.1 cm³/mol. The smallest absolute Gasteiger partial charge is 0.192 e. The van der Waals surface area contributed by atoms with Gasteiger partial charge in [0.15, 0.2) is 5.16 Å². The highest BCUT2D eigenvalue weighted by Crippen LogP contribution is 2.29. The van der Waals surface area contributed by atoms with Crippen LogP contribution < -0.4 is 5.32 Å². The Labute approximate surface area is 117 Å². The molecule has 0 amide bonds. The van der Waals surface area contributed by atoms with Gasteiger partial charge in [-0.05, 0) is 31.7 Å². The Bertz CT molecular complexity index is 544. The van der Waals surface area contributed by atoms with E-state index in [0.29, 0.717) is 0 Å². The molecule has 2 aromatic rings. The van der Waals surface area contributed by atoms with Gasteiger partial charge >= 0.3 is 0 Å². The van der Waals surface area contributed by atoms with Crippen molar-refractivity contribution in [2.24, 2.45) is 14.1 Å². The molecule has 0 unspecified atom stereocenters. The molecule has 0 aliphatic heterocycles. The fourth-order valence-corrected chi connectivity index (χ4v) is 2.83. The Kier molecular flexibility index (Phi) is 4.60. The van der Waals surface area contributed by atoms with E-state index in [-0.39, 0.29) is 0 Å². The van der Waals surface area contributed by atoms with Gasteiger partial charge in [0.05, 0.1) is 5.69 Å². The highest BCUT2D eigenvalue weighted by Gasteiger charge is 2.16. The number of rotatable bonds is 6. The topological polar surface area (TPSA) is 60.6 Å². The first-order chi connectivity index (χ1) is 9.13. The van der Waals surface area contributed by atoms with Gasteiger partial charge in [-0.3, -0.25) is 4.68 Å². The molecule has 0 atom stereocenters. The van der Waals surface area contributed by atoms with Crippen molar-refractivity contribution in [3.63, 3.8) is 0 Å². The van der Waals surface area contributed by atoms with Crippen LogP contribution in [-0.4, -0.2) is 31.1 Å². The zero-order valence-corrected chi connectivity index (χ0v) is 12.7. The molecular formula is C12H20N6S. The maximum absolute atomic E-state index is 4.50. The van der Waals surface area contributed by atoms with Gasteiger partial charge in [0.25, 0.3) is 0 Å². The van der Waals surface area contributed by atoms with Crippen LogP contribution in [0.4, 0.5) is 0 Å². The summed E-state index contributed by atoms with van der Waals surface area (Å²) in [5.41, 5.74) is 2.31. The average molecular weight is 280 g/mol. The normalized spacial score (nSPS) is 11.2. The van der Waals surface area contributed by atoms with Crippen molar-refractivity contribution >= 4 is 11.8 Å². The largest absolute Gasteiger partial charge is 0.313 e. The number of aryl methyl sites for hydroxylation is 3. The first-order valence-electron chi connectivity index (χ1n) is 6.38. The van der Waals surface area contributed by atoms with Gasteiger partial charge in [0, 0.05) is 26.2 Å². The molecule has 2 rings (SSSR count). The van der Waals surface area contributed by atoms with E-state index in [1.807, 2.05) is 25.7 Å². The summed E-state index contributed by atoms with van der Waals surface area (Å²) in [5, 5.41) is 14.0. The summed E-state index contributed by atoms with van der Waals surface area (Å²) in [5.74, 6) is 0. The standard InChI is InChI=1S/C12H20N6S/c1-5-6-13-7-10-9(2)16-17(3)11(10)19-12-14-8-15-18(12)4/h8,13H,5-7H2,1-4H3. The Morgan fingerprint density at radius 3 is 2.74 bits per heavy atom. The molecule has 2 heterocycles. The van der Waals surface area contributed by atoms with Crippen molar-refractivity contribution in [3.05, 3.63) is 17.6 Å². The Morgan fingerprint density at radius 2 is 2.11 bits per heavy atom. The predicted octanol–water partition coefficient (Wildman–Crippen LogP) is 1.51. The van der Waals surface area contributed by atoms with Gasteiger partial charge in [-0.25, -0.2) is 9.67 Å². The summed E-state index contributed by atoms with van der Waals surface area (Å²) >= 11 is 1.60. The van der Waals surface area contributed by atoms with E-state index in [9.17, 15) is 0 Å². The van der Waals surface area contributed by atoms with Gasteiger partial charge in [0.1, 0.15) is 11.4 Å². The highest BCUT2D eigenvalue weighted by molar-refractivity contribution is 7.99. The van der Waals surface area contributed by atoms with Crippen molar-refractivity contribution in [1.29, 1.82) is 0 Å². The van der Waals surface area contributed by atoms with Crippen LogP contribution in [0.3, 0.4) is 0 Å². The molecule has 19 heavy (non-hydrogen) atoms. The highest BCUT2D eigenvalue weighted by atomic mass is 32.2. The zero-order valence-electron chi connectivity index (χ0n) is 11.8. The summed E-state index contributed by atoms with van der Waals surface area (Å²) in [4.78, 5) is 4.25. The van der Waals surface area contributed by atoms with Gasteiger partial charge in [-0.15, -0.1) is 0 Å². The van der Waals surface area contributed by atoms with Gasteiger partial charge < -0.3 is 5.32 Å². The summed E-state index contributed by atoms with van der Waals surface area (Å²) in [7, 11) is 3.86. The second-order valence-electron chi connectivity index (χ2n) is 4.44. The molecule has 0 radical (unpaired) electrons. The average Bonchev–Trinajstić information content (AvgIpc) is 2.88. The minimum absolute atomic E-state index is 0.841. The van der Waals surface area contributed by atoms with Crippen molar-refractivity contribution in [1.82, 2.24) is 29.9 Å². The zero-order chi connectivity index (χ0) is 13.8. The molecule has 0 aromatic carbocycles. The van der Waals surface area contributed by atoms with Crippen molar-refractivity contribution < 1.29 is 0 Å². The molecule has 0 fully saturated rings. The third-order valence-corrected chi connectivity index (χ3v) is 4.13. The molecular weight excluding hydrogens is 260 g/mol. The van der Waals surface area contributed by atoms with E-state index in [1.165, 1.54) is 5.56 Å². The number of aromatic nitrogens is 5. The van der Waals surface area contributed by atoms with E-state index in [2.05, 4.69) is 27.4 Å². The Morgan fingerprint density at radius 1 is 1.32 bits per heavy atom. The molecule has 2 aromatic heterocycles. The summed E-state index contributed by atoms with van der Waals surface area (Å²) in [6.45, 7) is 6.07. The Balaban J connectivity index is 2.21. The lowest BCUT2D eigenvalue weighted by molar-refractivity contribution is 0.647. The number of nitrogens with zero attached hydrogens (tertiary/aromatic N) is 5. The van der Waals surface area contributed by atoms with Crippen LogP contribution in [0.15, 0.2) is 16.5 Å². The van der Waals surface area contributed by atoms with Crippen LogP contribution in [0, 0.1) is 6.92 Å². The second-order valence-corrected chi connectivity index (χ2v) is 5.39. The fraction of sp³-hybridized carbons (Fsp3) is 0.583. The van der Waals surface area contributed by atoms with Crippen LogP contribution in [0.2, 0.25) is 0 Å². The Hall–Kier alpha value is -1.34. The number of nitrogens with one attached hydrogen (secondary N) is 1. The molecule has 0 aliphatic rings. The summed E-state index contributed by atoms with van der Waals surface area (Å²) in [6, 6.07) is 0. The quantitative estimate of drug-likeness (QED) is 0.813. The maximum Gasteiger partial charge on any atom is 0.192 e. The lowest BCUT2D eigenvalue weighted by atomic mass is 10.2. The van der Waals surface area contributed by atoms with Crippen LogP contribution in [0.1, 0.15) is 24.6 Å². The monoisotopic (exact) mass is 280 g/mol. The van der Waals surface area contributed by atoms with Crippen molar-refractivity contribution in [3.8, 4) is 0 Å². The maximum atomic E-state index is 4.50. The van der Waals surface area contributed by atoms with E-state index in [0.717, 1.165) is 35.4 Å². The minimum Gasteiger partial charge on any atom is -0.313 e. The van der Waals surface area contributed by atoms with Crippen LogP contribution in [-0.2, 0) is 20.6 Å². The lowest BCUT2D eigenvalue weighted by Gasteiger charge is -2.06. The van der Waals surface area contributed by atoms with Crippen LogP contribution >= 0.6 is 11.8 Å². The first-order valence-corrected chi connectivity index (χ1v) is 7.20. The molecule has 0 bridgehead atoms. The fourth-order valence-electron chi connectivity index (χ4n) is 1.87. The molecule has 0 saturated carbocycles. The van der Waals surface area contributed by atoms with Gasteiger partial charge in [-0.2, -0.15) is 10.2 Å². The third-order valence-electron chi connectivity index (χ3n) is 2.88. The summed E-state index contributed by atoms with van der Waals surface area (Å²) in [6.07, 6.45) is 2.70. The molecule has 7 heteroatoms. The minimum atomic E-state index is 0.841. The van der Waals surface area contributed by atoms with E-state index < -0.39 is 0 Å².